The molecule has 1 aromatic heterocycles. The van der Waals surface area contributed by atoms with Gasteiger partial charge < -0.3 is 14.5 Å². The van der Waals surface area contributed by atoms with E-state index in [1.165, 1.54) is 7.11 Å². The molecule has 19 heavy (non-hydrogen) atoms. The summed E-state index contributed by atoms with van der Waals surface area (Å²) in [6.07, 6.45) is 1.61. The van der Waals surface area contributed by atoms with Gasteiger partial charge in [0, 0.05) is 32.4 Å². The van der Waals surface area contributed by atoms with Gasteiger partial charge >= 0.3 is 5.97 Å². The van der Waals surface area contributed by atoms with Crippen LogP contribution in [0, 0.1) is 6.92 Å². The third-order valence-electron chi connectivity index (χ3n) is 3.65. The third kappa shape index (κ3) is 3.04. The van der Waals surface area contributed by atoms with Crippen LogP contribution in [0.1, 0.15) is 22.8 Å². The molecule has 0 amide bonds. The van der Waals surface area contributed by atoms with E-state index in [4.69, 9.17) is 4.74 Å². The summed E-state index contributed by atoms with van der Waals surface area (Å²) in [7, 11) is 1.39. The first-order chi connectivity index (χ1) is 9.15. The van der Waals surface area contributed by atoms with Crippen LogP contribution in [0.3, 0.4) is 0 Å². The van der Waals surface area contributed by atoms with Crippen LogP contribution in [0.5, 0.6) is 0 Å². The highest BCUT2D eigenvalue weighted by atomic mass is 16.5. The number of likely N-dealkylation sites (N-methyl/N-ethyl adjacent to an activating group) is 1. The van der Waals surface area contributed by atoms with E-state index in [0.29, 0.717) is 5.56 Å². The monoisotopic (exact) mass is 263 g/mol. The molecule has 1 aliphatic heterocycles. The molecule has 1 fully saturated rings. The van der Waals surface area contributed by atoms with Crippen molar-refractivity contribution in [1.82, 2.24) is 9.88 Å². The lowest BCUT2D eigenvalue weighted by atomic mass is 10.1. The number of methoxy groups -OCH3 is 1. The highest BCUT2D eigenvalue weighted by Gasteiger charge is 2.18. The van der Waals surface area contributed by atoms with E-state index < -0.39 is 0 Å². The quantitative estimate of drug-likeness (QED) is 0.770. The van der Waals surface area contributed by atoms with Gasteiger partial charge in [-0.25, -0.2) is 9.78 Å². The van der Waals surface area contributed by atoms with Gasteiger partial charge in [-0.3, -0.25) is 0 Å². The number of pyridine rings is 1. The summed E-state index contributed by atoms with van der Waals surface area (Å²) < 4.78 is 4.73. The van der Waals surface area contributed by atoms with Crippen molar-refractivity contribution in [2.24, 2.45) is 0 Å². The van der Waals surface area contributed by atoms with Gasteiger partial charge in [0.25, 0.3) is 0 Å². The van der Waals surface area contributed by atoms with E-state index in [2.05, 4.69) is 21.7 Å². The molecular formula is C14H21N3O2. The second kappa shape index (κ2) is 6.02. The van der Waals surface area contributed by atoms with E-state index in [-0.39, 0.29) is 5.97 Å². The summed E-state index contributed by atoms with van der Waals surface area (Å²) in [6, 6.07) is 1.97. The average Bonchev–Trinajstić information content (AvgIpc) is 2.46. The molecule has 5 heteroatoms. The van der Waals surface area contributed by atoms with Crippen molar-refractivity contribution in [1.29, 1.82) is 0 Å². The molecule has 0 spiro atoms. The zero-order valence-corrected chi connectivity index (χ0v) is 11.8. The zero-order chi connectivity index (χ0) is 13.8. The number of anilines is 1. The summed E-state index contributed by atoms with van der Waals surface area (Å²) in [5.74, 6) is 0.619. The number of rotatable bonds is 3. The molecule has 2 rings (SSSR count). The van der Waals surface area contributed by atoms with Crippen molar-refractivity contribution >= 4 is 11.8 Å². The first-order valence-electron chi connectivity index (χ1n) is 6.68. The predicted molar refractivity (Wildman–Crippen MR) is 74.6 cm³/mol. The van der Waals surface area contributed by atoms with E-state index in [0.717, 1.165) is 44.1 Å². The molecule has 2 heterocycles. The Balaban J connectivity index is 2.10. The van der Waals surface area contributed by atoms with E-state index >= 15 is 0 Å². The van der Waals surface area contributed by atoms with Crippen LogP contribution in [0.15, 0.2) is 12.3 Å². The normalized spacial score (nSPS) is 16.5. The van der Waals surface area contributed by atoms with E-state index in [9.17, 15) is 4.79 Å². The van der Waals surface area contributed by atoms with Crippen molar-refractivity contribution in [2.45, 2.75) is 13.8 Å². The minimum Gasteiger partial charge on any atom is -0.465 e. The molecule has 0 aromatic carbocycles. The average molecular weight is 263 g/mol. The second-order valence-electron chi connectivity index (χ2n) is 4.77. The summed E-state index contributed by atoms with van der Waals surface area (Å²) in [6.45, 7) is 9.30. The Bertz CT molecular complexity index is 454. The fourth-order valence-electron chi connectivity index (χ4n) is 2.33. The summed E-state index contributed by atoms with van der Waals surface area (Å²) in [4.78, 5) is 20.6. The second-order valence-corrected chi connectivity index (χ2v) is 4.77. The van der Waals surface area contributed by atoms with Crippen molar-refractivity contribution in [3.8, 4) is 0 Å². The molecule has 0 radical (unpaired) electrons. The maximum atomic E-state index is 11.5. The van der Waals surface area contributed by atoms with Crippen LogP contribution >= 0.6 is 0 Å². The molecule has 1 aromatic rings. The lowest BCUT2D eigenvalue weighted by Gasteiger charge is -2.34. The highest BCUT2D eigenvalue weighted by Crippen LogP contribution is 2.18. The third-order valence-corrected chi connectivity index (χ3v) is 3.65. The number of esters is 1. The Hall–Kier alpha value is -1.62. The van der Waals surface area contributed by atoms with Crippen molar-refractivity contribution in [2.75, 3.05) is 44.7 Å². The molecule has 0 bridgehead atoms. The Morgan fingerprint density at radius 2 is 2.05 bits per heavy atom. The fraction of sp³-hybridized carbons (Fsp3) is 0.571. The Labute approximate surface area is 114 Å². The molecule has 0 saturated carbocycles. The van der Waals surface area contributed by atoms with Crippen LogP contribution in [-0.2, 0) is 4.74 Å². The number of aromatic nitrogens is 1. The van der Waals surface area contributed by atoms with Gasteiger partial charge in [0.05, 0.1) is 12.7 Å². The molecule has 0 aliphatic carbocycles. The number of hydrogen-bond acceptors (Lipinski definition) is 5. The van der Waals surface area contributed by atoms with Crippen molar-refractivity contribution in [3.05, 3.63) is 23.4 Å². The Morgan fingerprint density at radius 1 is 1.37 bits per heavy atom. The minimum absolute atomic E-state index is 0.327. The van der Waals surface area contributed by atoms with Crippen molar-refractivity contribution in [3.63, 3.8) is 0 Å². The molecule has 1 saturated heterocycles. The van der Waals surface area contributed by atoms with Crippen LogP contribution in [0.25, 0.3) is 0 Å². The van der Waals surface area contributed by atoms with Gasteiger partial charge in [0.1, 0.15) is 5.82 Å². The van der Waals surface area contributed by atoms with Gasteiger partial charge in [-0.1, -0.05) is 6.92 Å². The molecule has 1 aliphatic rings. The zero-order valence-electron chi connectivity index (χ0n) is 11.8. The number of ether oxygens (including phenoxy) is 1. The first kappa shape index (κ1) is 13.8. The van der Waals surface area contributed by atoms with Gasteiger partial charge in [-0.15, -0.1) is 0 Å². The molecule has 5 nitrogen and oxygen atoms in total. The van der Waals surface area contributed by atoms with E-state index in [1.807, 2.05) is 13.0 Å². The number of nitrogens with zero attached hydrogens (tertiary/aromatic N) is 3. The van der Waals surface area contributed by atoms with Gasteiger partial charge in [-0.05, 0) is 25.1 Å². The van der Waals surface area contributed by atoms with Crippen LogP contribution < -0.4 is 4.90 Å². The molecule has 0 unspecified atom stereocenters. The predicted octanol–water partition coefficient (Wildman–Crippen LogP) is 1.32. The molecule has 0 atom stereocenters. The topological polar surface area (TPSA) is 45.7 Å². The number of carbonyl (C=O) groups excluding carboxylic acids is 1. The largest absolute Gasteiger partial charge is 0.465 e. The molecule has 0 N–H and O–H groups in total. The standard InChI is InChI=1S/C14H21N3O2/c1-4-16-5-7-17(8-6-16)13-9-11(2)12(10-15-13)14(18)19-3/h9-10H,4-8H2,1-3H3. The number of carbonyl (C=O) groups is 1. The maximum absolute atomic E-state index is 11.5. The van der Waals surface area contributed by atoms with Crippen LogP contribution in [-0.4, -0.2) is 55.7 Å². The van der Waals surface area contributed by atoms with E-state index in [1.54, 1.807) is 6.20 Å². The van der Waals surface area contributed by atoms with Crippen LogP contribution in [0.4, 0.5) is 5.82 Å². The number of aryl methyl sites for hydroxylation is 1. The Kier molecular flexibility index (Phi) is 4.37. The number of hydrogen-bond donors (Lipinski definition) is 0. The fourth-order valence-corrected chi connectivity index (χ4v) is 2.33. The Morgan fingerprint density at radius 3 is 2.58 bits per heavy atom. The lowest BCUT2D eigenvalue weighted by Crippen LogP contribution is -2.46. The van der Waals surface area contributed by atoms with Gasteiger partial charge in [0.2, 0.25) is 0 Å². The summed E-state index contributed by atoms with van der Waals surface area (Å²) >= 11 is 0. The molecule has 104 valence electrons. The summed E-state index contributed by atoms with van der Waals surface area (Å²) in [5, 5.41) is 0. The van der Waals surface area contributed by atoms with Crippen LogP contribution in [0.2, 0.25) is 0 Å². The lowest BCUT2D eigenvalue weighted by molar-refractivity contribution is 0.0599. The van der Waals surface area contributed by atoms with Gasteiger partial charge in [-0.2, -0.15) is 0 Å². The molecular weight excluding hydrogens is 242 g/mol. The van der Waals surface area contributed by atoms with Crippen molar-refractivity contribution < 1.29 is 9.53 Å². The smallest absolute Gasteiger partial charge is 0.339 e. The highest BCUT2D eigenvalue weighted by molar-refractivity contribution is 5.90. The maximum Gasteiger partial charge on any atom is 0.339 e. The summed E-state index contributed by atoms with van der Waals surface area (Å²) in [5.41, 5.74) is 1.45. The first-order valence-corrected chi connectivity index (χ1v) is 6.68. The number of piperazine rings is 1. The van der Waals surface area contributed by atoms with Gasteiger partial charge in [0.15, 0.2) is 0 Å². The minimum atomic E-state index is -0.327. The SMILES string of the molecule is CCN1CCN(c2cc(C)c(C(=O)OC)cn2)CC1.